The number of hydrogen-bond acceptors (Lipinski definition) is 9. The quantitative estimate of drug-likeness (QED) is 0.360. The van der Waals surface area contributed by atoms with E-state index in [-0.39, 0.29) is 16.4 Å². The van der Waals surface area contributed by atoms with E-state index in [1.165, 1.54) is 29.3 Å². The van der Waals surface area contributed by atoms with Crippen LogP contribution in [0, 0.1) is 24.0 Å². The maximum absolute atomic E-state index is 13.4. The number of aliphatic hydroxyl groups is 1. The van der Waals surface area contributed by atoms with Crippen LogP contribution in [0.3, 0.4) is 0 Å². The standard InChI is InChI=1S/C19H14N4O5S2/c1-9-17(30-10(2)21-9)15(24)13-14(11-4-3-5-12(8-11)23(27)28)22(18(26)16(13)25)19-20-6-7-29-19/h3-8,14,25H,1-2H3. The van der Waals surface area contributed by atoms with Gasteiger partial charge in [0.05, 0.1) is 32.1 Å². The smallest absolute Gasteiger partial charge is 0.296 e. The highest BCUT2D eigenvalue weighted by Gasteiger charge is 2.46. The van der Waals surface area contributed by atoms with Crippen LogP contribution in [0.4, 0.5) is 10.8 Å². The normalized spacial score (nSPS) is 16.4. The zero-order chi connectivity index (χ0) is 21.6. The molecule has 3 aromatic rings. The summed E-state index contributed by atoms with van der Waals surface area (Å²) in [5.74, 6) is -2.03. The Labute approximate surface area is 178 Å². The van der Waals surface area contributed by atoms with Crippen LogP contribution in [-0.4, -0.2) is 31.7 Å². The third-order valence-electron chi connectivity index (χ3n) is 4.58. The molecule has 0 saturated carbocycles. The monoisotopic (exact) mass is 442 g/mol. The number of aliphatic hydroxyl groups excluding tert-OH is 1. The topological polar surface area (TPSA) is 127 Å². The molecule has 1 aliphatic rings. The highest BCUT2D eigenvalue weighted by molar-refractivity contribution is 7.14. The third-order valence-corrected chi connectivity index (χ3v) is 6.43. The number of thiazole rings is 2. The molecular weight excluding hydrogens is 428 g/mol. The summed E-state index contributed by atoms with van der Waals surface area (Å²) in [5, 5.41) is 24.5. The number of anilines is 1. The van der Waals surface area contributed by atoms with Gasteiger partial charge in [-0.3, -0.25) is 24.6 Å². The van der Waals surface area contributed by atoms with Crippen molar-refractivity contribution in [2.75, 3.05) is 4.90 Å². The number of nitrogens with zero attached hydrogens (tertiary/aromatic N) is 4. The number of carbonyl (C=O) groups excluding carboxylic acids is 2. The predicted molar refractivity (Wildman–Crippen MR) is 111 cm³/mol. The number of aromatic nitrogens is 2. The first-order chi connectivity index (χ1) is 14.3. The van der Waals surface area contributed by atoms with E-state index in [9.17, 15) is 24.8 Å². The van der Waals surface area contributed by atoms with Gasteiger partial charge in [0.25, 0.3) is 11.6 Å². The van der Waals surface area contributed by atoms with Crippen LogP contribution in [0.5, 0.6) is 0 Å². The first kappa shape index (κ1) is 19.9. The summed E-state index contributed by atoms with van der Waals surface area (Å²) >= 11 is 2.31. The van der Waals surface area contributed by atoms with E-state index in [1.807, 2.05) is 0 Å². The molecule has 152 valence electrons. The molecule has 3 heterocycles. The molecule has 1 N–H and O–H groups in total. The van der Waals surface area contributed by atoms with Gasteiger partial charge >= 0.3 is 0 Å². The number of non-ortho nitro benzene ring substituents is 1. The predicted octanol–water partition coefficient (Wildman–Crippen LogP) is 3.91. The third kappa shape index (κ3) is 3.17. The fraction of sp³-hybridized carbons (Fsp3) is 0.158. The van der Waals surface area contributed by atoms with E-state index in [1.54, 1.807) is 25.3 Å². The summed E-state index contributed by atoms with van der Waals surface area (Å²) < 4.78 is 0. The van der Waals surface area contributed by atoms with Crippen molar-refractivity contribution in [1.29, 1.82) is 0 Å². The number of benzene rings is 1. The summed E-state index contributed by atoms with van der Waals surface area (Å²) in [6.07, 6.45) is 1.49. The summed E-state index contributed by atoms with van der Waals surface area (Å²) in [5.41, 5.74) is 0.462. The van der Waals surface area contributed by atoms with Crippen molar-refractivity contribution in [2.45, 2.75) is 19.9 Å². The zero-order valence-corrected chi connectivity index (χ0v) is 17.4. The van der Waals surface area contributed by atoms with E-state index in [0.717, 1.165) is 22.7 Å². The van der Waals surface area contributed by atoms with E-state index < -0.39 is 28.4 Å². The Balaban J connectivity index is 1.91. The van der Waals surface area contributed by atoms with Crippen LogP contribution in [0.1, 0.15) is 32.0 Å². The fourth-order valence-electron chi connectivity index (χ4n) is 3.36. The van der Waals surface area contributed by atoms with Gasteiger partial charge in [0.1, 0.15) is 0 Å². The van der Waals surface area contributed by atoms with Gasteiger partial charge in [-0.05, 0) is 19.4 Å². The van der Waals surface area contributed by atoms with E-state index >= 15 is 0 Å². The minimum atomic E-state index is -1.06. The van der Waals surface area contributed by atoms with E-state index in [2.05, 4.69) is 9.97 Å². The Hall–Kier alpha value is -3.44. The molecule has 1 unspecified atom stereocenters. The largest absolute Gasteiger partial charge is 0.503 e. The lowest BCUT2D eigenvalue weighted by Crippen LogP contribution is -2.31. The zero-order valence-electron chi connectivity index (χ0n) is 15.7. The number of nitro benzene ring substituents is 1. The van der Waals surface area contributed by atoms with Gasteiger partial charge < -0.3 is 5.11 Å². The van der Waals surface area contributed by atoms with Crippen LogP contribution < -0.4 is 4.90 Å². The molecule has 2 aromatic heterocycles. The Morgan fingerprint density at radius 3 is 2.70 bits per heavy atom. The number of nitro groups is 1. The summed E-state index contributed by atoms with van der Waals surface area (Å²) in [6, 6.07) is 4.59. The first-order valence-corrected chi connectivity index (χ1v) is 10.4. The van der Waals surface area contributed by atoms with E-state index in [4.69, 9.17) is 0 Å². The lowest BCUT2D eigenvalue weighted by atomic mass is 9.95. The average molecular weight is 442 g/mol. The molecule has 9 nitrogen and oxygen atoms in total. The van der Waals surface area contributed by atoms with Crippen LogP contribution in [-0.2, 0) is 4.79 Å². The first-order valence-electron chi connectivity index (χ1n) is 8.69. The number of amides is 1. The lowest BCUT2D eigenvalue weighted by molar-refractivity contribution is -0.384. The number of rotatable bonds is 5. The molecule has 4 rings (SSSR count). The highest BCUT2D eigenvalue weighted by Crippen LogP contribution is 2.43. The second kappa shape index (κ2) is 7.43. The van der Waals surface area contributed by atoms with Gasteiger partial charge in [0.2, 0.25) is 5.78 Å². The summed E-state index contributed by atoms with van der Waals surface area (Å²) in [4.78, 5) is 46.9. The van der Waals surface area contributed by atoms with Gasteiger partial charge in [-0.15, -0.1) is 22.7 Å². The van der Waals surface area contributed by atoms with Crippen LogP contribution >= 0.6 is 22.7 Å². The Kier molecular flexibility index (Phi) is 4.92. The van der Waals surface area contributed by atoms with Gasteiger partial charge in [-0.25, -0.2) is 9.97 Å². The van der Waals surface area contributed by atoms with Crippen molar-refractivity contribution in [3.63, 3.8) is 0 Å². The molecule has 1 aromatic carbocycles. The molecule has 0 saturated heterocycles. The average Bonchev–Trinajstić information content (AvgIpc) is 3.41. The second-order valence-electron chi connectivity index (χ2n) is 6.48. The number of Topliss-reactive ketones (excluding diaryl/α,β-unsaturated/α-hetero) is 1. The SMILES string of the molecule is Cc1nc(C)c(C(=O)C2=C(O)C(=O)N(c3nccs3)C2c2cccc([N+](=O)[O-])c2)s1. The van der Waals surface area contributed by atoms with Crippen LogP contribution in [0.2, 0.25) is 0 Å². The molecule has 1 amide bonds. The second-order valence-corrected chi connectivity index (χ2v) is 8.56. The Morgan fingerprint density at radius 2 is 2.10 bits per heavy atom. The number of ketones is 1. The fourth-order valence-corrected chi connectivity index (χ4v) is 4.90. The van der Waals surface area contributed by atoms with Crippen LogP contribution in [0.25, 0.3) is 0 Å². The van der Waals surface area contributed by atoms with Gasteiger partial charge in [0, 0.05) is 23.7 Å². The van der Waals surface area contributed by atoms with Gasteiger partial charge in [-0.2, -0.15) is 0 Å². The van der Waals surface area contributed by atoms with Gasteiger partial charge in [0.15, 0.2) is 10.9 Å². The molecule has 0 bridgehead atoms. The van der Waals surface area contributed by atoms with Crippen molar-refractivity contribution >= 4 is 45.2 Å². The lowest BCUT2D eigenvalue weighted by Gasteiger charge is -2.24. The van der Waals surface area contributed by atoms with Crippen molar-refractivity contribution in [1.82, 2.24) is 9.97 Å². The Bertz CT molecular complexity index is 1220. The molecule has 1 aliphatic heterocycles. The van der Waals surface area contributed by atoms with E-state index in [0.29, 0.717) is 21.1 Å². The molecule has 11 heteroatoms. The number of hydrogen-bond donors (Lipinski definition) is 1. The molecule has 0 radical (unpaired) electrons. The van der Waals surface area contributed by atoms with Crippen molar-refractivity contribution < 1.29 is 19.6 Å². The molecule has 1 atom stereocenters. The Morgan fingerprint density at radius 1 is 1.33 bits per heavy atom. The van der Waals surface area contributed by atoms with Crippen molar-refractivity contribution in [3.8, 4) is 0 Å². The molecule has 30 heavy (non-hydrogen) atoms. The molecule has 0 spiro atoms. The molecule has 0 fully saturated rings. The minimum absolute atomic E-state index is 0.151. The maximum Gasteiger partial charge on any atom is 0.296 e. The number of carbonyl (C=O) groups is 2. The van der Waals surface area contributed by atoms with Gasteiger partial charge in [-0.1, -0.05) is 12.1 Å². The summed E-state index contributed by atoms with van der Waals surface area (Å²) in [6.45, 7) is 3.43. The highest BCUT2D eigenvalue weighted by atomic mass is 32.1. The number of aryl methyl sites for hydroxylation is 2. The molecular formula is C19H14N4O5S2. The molecule has 0 aliphatic carbocycles. The van der Waals surface area contributed by atoms with Crippen LogP contribution in [0.15, 0.2) is 47.2 Å². The van der Waals surface area contributed by atoms with Crippen molar-refractivity contribution in [2.24, 2.45) is 0 Å². The minimum Gasteiger partial charge on any atom is -0.503 e. The maximum atomic E-state index is 13.4. The van der Waals surface area contributed by atoms with Crippen molar-refractivity contribution in [3.05, 3.63) is 78.4 Å². The summed E-state index contributed by atoms with van der Waals surface area (Å²) in [7, 11) is 0.